The van der Waals surface area contributed by atoms with E-state index in [9.17, 15) is 8.42 Å². The number of aromatic nitrogens is 1. The van der Waals surface area contributed by atoms with Crippen LogP contribution in [0.1, 0.15) is 31.9 Å². The second kappa shape index (κ2) is 7.45. The van der Waals surface area contributed by atoms with E-state index in [1.165, 1.54) is 6.34 Å². The van der Waals surface area contributed by atoms with Gasteiger partial charge in [-0.1, -0.05) is 6.08 Å². The van der Waals surface area contributed by atoms with E-state index in [2.05, 4.69) is 21.7 Å². The Hall–Kier alpha value is -2.06. The minimum Gasteiger partial charge on any atom is -0.487 e. The lowest BCUT2D eigenvalue weighted by Crippen LogP contribution is -2.33. The molecule has 0 aromatic carbocycles. The molecule has 1 aromatic heterocycles. The monoisotopic (exact) mass is 362 g/mol. The summed E-state index contributed by atoms with van der Waals surface area (Å²) in [7, 11) is -3.15. The van der Waals surface area contributed by atoms with Gasteiger partial charge in [0.05, 0.1) is 17.5 Å². The van der Waals surface area contributed by atoms with E-state index in [-0.39, 0.29) is 11.4 Å². The van der Waals surface area contributed by atoms with Gasteiger partial charge in [-0.2, -0.15) is 4.31 Å². The Morgan fingerprint density at radius 1 is 1.44 bits per heavy atom. The summed E-state index contributed by atoms with van der Waals surface area (Å²) in [6, 6.07) is 3.61. The molecule has 25 heavy (non-hydrogen) atoms. The number of allylic oxidation sites excluding steroid dienone is 1. The Bertz CT molecular complexity index is 800. The molecule has 2 aliphatic rings. The van der Waals surface area contributed by atoms with Crippen LogP contribution >= 0.6 is 0 Å². The van der Waals surface area contributed by atoms with Gasteiger partial charge in [-0.3, -0.25) is 9.98 Å². The summed E-state index contributed by atoms with van der Waals surface area (Å²) in [5, 5.41) is -0.185. The summed E-state index contributed by atoms with van der Waals surface area (Å²) in [5.74, 6) is 0.590. The fraction of sp³-hybridized carbons (Fsp3) is 0.471. The van der Waals surface area contributed by atoms with E-state index in [0.29, 0.717) is 36.7 Å². The van der Waals surface area contributed by atoms with Gasteiger partial charge in [0.2, 0.25) is 10.0 Å². The van der Waals surface area contributed by atoms with Crippen LogP contribution in [0, 0.1) is 0 Å². The Morgan fingerprint density at radius 3 is 2.92 bits per heavy atom. The van der Waals surface area contributed by atoms with Crippen molar-refractivity contribution in [2.45, 2.75) is 37.5 Å². The van der Waals surface area contributed by atoms with Crippen LogP contribution in [0.4, 0.5) is 0 Å². The van der Waals surface area contributed by atoms with Crippen LogP contribution in [0.5, 0.6) is 5.75 Å². The third kappa shape index (κ3) is 3.96. The van der Waals surface area contributed by atoms with Crippen LogP contribution in [-0.2, 0) is 10.0 Å². The minimum absolute atomic E-state index is 0.184. The van der Waals surface area contributed by atoms with E-state index in [0.717, 1.165) is 12.8 Å². The fourth-order valence-electron chi connectivity index (χ4n) is 2.83. The highest BCUT2D eigenvalue weighted by molar-refractivity contribution is 7.90. The van der Waals surface area contributed by atoms with Gasteiger partial charge in [0, 0.05) is 12.7 Å². The van der Waals surface area contributed by atoms with Gasteiger partial charge in [-0.15, -0.1) is 0 Å². The zero-order valence-corrected chi connectivity index (χ0v) is 15.0. The molecule has 0 amide bonds. The summed E-state index contributed by atoms with van der Waals surface area (Å²) >= 11 is 0. The molecule has 1 atom stereocenters. The second-order valence-electron chi connectivity index (χ2n) is 6.08. The van der Waals surface area contributed by atoms with Gasteiger partial charge >= 0.3 is 0 Å². The first-order valence-electron chi connectivity index (χ1n) is 8.32. The molecule has 1 unspecified atom stereocenters. The number of sulfonamides is 1. The van der Waals surface area contributed by atoms with E-state index in [4.69, 9.17) is 4.74 Å². The van der Waals surface area contributed by atoms with Crippen LogP contribution in [0.2, 0.25) is 0 Å². The van der Waals surface area contributed by atoms with Crippen molar-refractivity contribution >= 4 is 28.8 Å². The molecule has 1 aliphatic heterocycles. The molecule has 1 saturated heterocycles. The smallest absolute Gasteiger partial charge is 0.217 e. The molecular weight excluding hydrogens is 340 g/mol. The summed E-state index contributed by atoms with van der Waals surface area (Å²) in [5.41, 5.74) is 1.23. The molecule has 1 aliphatic carbocycles. The minimum atomic E-state index is -3.15. The second-order valence-corrected chi connectivity index (χ2v) is 8.30. The highest BCUT2D eigenvalue weighted by Gasteiger charge is 2.43. The Labute approximate surface area is 148 Å². The van der Waals surface area contributed by atoms with E-state index in [1.807, 2.05) is 19.1 Å². The lowest BCUT2D eigenvalue weighted by Gasteiger charge is -2.18. The van der Waals surface area contributed by atoms with Crippen molar-refractivity contribution in [3.8, 4) is 5.75 Å². The number of nitrogens with zero attached hydrogens (tertiary/aromatic N) is 4. The molecule has 2 heterocycles. The van der Waals surface area contributed by atoms with Gasteiger partial charge in [-0.25, -0.2) is 13.4 Å². The molecule has 8 heteroatoms. The molecule has 1 saturated carbocycles. The van der Waals surface area contributed by atoms with Crippen molar-refractivity contribution in [1.29, 1.82) is 0 Å². The molecule has 1 aromatic rings. The van der Waals surface area contributed by atoms with Crippen molar-refractivity contribution in [3.63, 3.8) is 0 Å². The third-order valence-electron chi connectivity index (χ3n) is 4.27. The van der Waals surface area contributed by atoms with Gasteiger partial charge < -0.3 is 4.74 Å². The average Bonchev–Trinajstić information content (AvgIpc) is 3.37. The van der Waals surface area contributed by atoms with Crippen LogP contribution < -0.4 is 4.74 Å². The van der Waals surface area contributed by atoms with Gasteiger partial charge in [-0.05, 0) is 45.0 Å². The molecular formula is C17H22N4O3S. The van der Waals surface area contributed by atoms with Crippen molar-refractivity contribution < 1.29 is 13.2 Å². The number of pyridine rings is 1. The summed E-state index contributed by atoms with van der Waals surface area (Å²) in [4.78, 5) is 12.2. The molecule has 0 bridgehead atoms. The van der Waals surface area contributed by atoms with Gasteiger partial charge in [0.1, 0.15) is 23.9 Å². The molecule has 3 rings (SSSR count). The first-order valence-corrected chi connectivity index (χ1v) is 9.82. The number of hydrogen-bond acceptors (Lipinski definition) is 5. The predicted molar refractivity (Wildman–Crippen MR) is 98.5 cm³/mol. The van der Waals surface area contributed by atoms with E-state index < -0.39 is 10.0 Å². The normalized spacial score (nSPS) is 22.4. The largest absolute Gasteiger partial charge is 0.487 e. The number of aliphatic imine (C=N–C) groups is 2. The van der Waals surface area contributed by atoms with Crippen molar-refractivity contribution in [2.75, 3.05) is 13.1 Å². The first-order chi connectivity index (χ1) is 12.1. The van der Waals surface area contributed by atoms with Gasteiger partial charge in [0.15, 0.2) is 0 Å². The Morgan fingerprint density at radius 2 is 2.24 bits per heavy atom. The predicted octanol–water partition coefficient (Wildman–Crippen LogP) is 2.12. The molecule has 134 valence electrons. The topological polar surface area (TPSA) is 84.2 Å². The zero-order valence-electron chi connectivity index (χ0n) is 14.2. The van der Waals surface area contributed by atoms with Crippen molar-refractivity contribution in [2.24, 2.45) is 9.98 Å². The maximum Gasteiger partial charge on any atom is 0.217 e. The SMILES string of the molecule is C=NC=N/C(=C\C)c1ncccc1OC1CCN(S(=O)(=O)C2CC2)C1. The molecule has 2 fully saturated rings. The van der Waals surface area contributed by atoms with Crippen molar-refractivity contribution in [1.82, 2.24) is 9.29 Å². The summed E-state index contributed by atoms with van der Waals surface area (Å²) in [6.07, 6.45) is 6.87. The summed E-state index contributed by atoms with van der Waals surface area (Å²) < 4.78 is 32.3. The highest BCUT2D eigenvalue weighted by Crippen LogP contribution is 2.34. The number of hydrogen-bond donors (Lipinski definition) is 0. The Balaban J connectivity index is 1.74. The van der Waals surface area contributed by atoms with Crippen LogP contribution in [-0.4, -0.2) is 55.2 Å². The maximum atomic E-state index is 12.3. The third-order valence-corrected chi connectivity index (χ3v) is 6.64. The molecule has 0 spiro atoms. The average molecular weight is 362 g/mol. The molecule has 7 nitrogen and oxygen atoms in total. The standard InChI is InChI=1S/C17H22N4O3S/c1-3-15(20-12-18-2)17-16(5-4-9-19-17)24-13-8-10-21(11-13)25(22,23)14-6-7-14/h3-5,9,12-14H,2,6-8,10-11H2,1H3/b15-3-,20-12?. The lowest BCUT2D eigenvalue weighted by molar-refractivity contribution is 0.214. The number of rotatable bonds is 7. The highest BCUT2D eigenvalue weighted by atomic mass is 32.2. The Kier molecular flexibility index (Phi) is 5.29. The van der Waals surface area contributed by atoms with Crippen LogP contribution in [0.25, 0.3) is 5.70 Å². The molecule has 0 N–H and O–H groups in total. The van der Waals surface area contributed by atoms with Gasteiger partial charge in [0.25, 0.3) is 0 Å². The van der Waals surface area contributed by atoms with Crippen molar-refractivity contribution in [3.05, 3.63) is 30.1 Å². The quantitative estimate of drug-likeness (QED) is 0.549. The van der Waals surface area contributed by atoms with Crippen LogP contribution in [0.3, 0.4) is 0 Å². The fourth-order valence-corrected chi connectivity index (χ4v) is 4.72. The van der Waals surface area contributed by atoms with E-state index >= 15 is 0 Å². The van der Waals surface area contributed by atoms with E-state index in [1.54, 1.807) is 16.6 Å². The number of ether oxygens (including phenoxy) is 1. The summed E-state index contributed by atoms with van der Waals surface area (Å²) in [6.45, 7) is 6.12. The van der Waals surface area contributed by atoms with Crippen LogP contribution in [0.15, 0.2) is 34.4 Å². The maximum absolute atomic E-state index is 12.3. The molecule has 0 radical (unpaired) electrons. The lowest BCUT2D eigenvalue weighted by atomic mass is 10.2. The zero-order chi connectivity index (χ0) is 17.9. The first kappa shape index (κ1) is 17.8.